The van der Waals surface area contributed by atoms with Gasteiger partial charge < -0.3 is 9.80 Å². The third-order valence-electron chi connectivity index (χ3n) is 3.02. The summed E-state index contributed by atoms with van der Waals surface area (Å²) < 4.78 is 38.9. The van der Waals surface area contributed by atoms with Crippen LogP contribution in [0, 0.1) is 17.5 Å². The number of halogens is 3. The molecular weight excluding hydrogens is 245 g/mol. The number of amides is 1. The van der Waals surface area contributed by atoms with Crippen LogP contribution in [0.5, 0.6) is 0 Å². The Hall–Kier alpha value is -1.56. The first-order valence-electron chi connectivity index (χ1n) is 5.61. The van der Waals surface area contributed by atoms with Crippen LogP contribution in [-0.4, -0.2) is 48.9 Å². The molecule has 0 N–H and O–H groups in total. The highest BCUT2D eigenvalue weighted by atomic mass is 19.2. The summed E-state index contributed by atoms with van der Waals surface area (Å²) in [6.45, 7) is 2.40. The monoisotopic (exact) mass is 258 g/mol. The molecule has 98 valence electrons. The lowest BCUT2D eigenvalue weighted by molar-refractivity contribution is 0.0663. The van der Waals surface area contributed by atoms with Crippen LogP contribution < -0.4 is 0 Å². The molecule has 0 aromatic heterocycles. The van der Waals surface area contributed by atoms with Crippen LogP contribution in [0.15, 0.2) is 12.1 Å². The molecule has 1 saturated heterocycles. The molecule has 1 aliphatic rings. The van der Waals surface area contributed by atoms with Crippen molar-refractivity contribution in [3.05, 3.63) is 35.1 Å². The van der Waals surface area contributed by atoms with E-state index in [0.29, 0.717) is 26.2 Å². The van der Waals surface area contributed by atoms with Crippen LogP contribution in [0.25, 0.3) is 0 Å². The predicted molar refractivity (Wildman–Crippen MR) is 59.7 cm³/mol. The third kappa shape index (κ3) is 2.48. The number of hydrogen-bond acceptors (Lipinski definition) is 2. The minimum Gasteiger partial charge on any atom is -0.336 e. The quantitative estimate of drug-likeness (QED) is 0.713. The second kappa shape index (κ2) is 4.97. The van der Waals surface area contributed by atoms with E-state index in [1.165, 1.54) is 4.90 Å². The molecule has 0 unspecified atom stereocenters. The van der Waals surface area contributed by atoms with E-state index in [1.54, 1.807) is 0 Å². The van der Waals surface area contributed by atoms with E-state index in [9.17, 15) is 18.0 Å². The number of carbonyl (C=O) groups excluding carboxylic acids is 1. The van der Waals surface area contributed by atoms with Crippen molar-refractivity contribution in [2.45, 2.75) is 0 Å². The maximum Gasteiger partial charge on any atom is 0.254 e. The highest BCUT2D eigenvalue weighted by Crippen LogP contribution is 2.16. The Kier molecular flexibility index (Phi) is 3.56. The molecule has 2 rings (SSSR count). The summed E-state index contributed by atoms with van der Waals surface area (Å²) in [5.41, 5.74) is -0.157. The third-order valence-corrected chi connectivity index (χ3v) is 3.02. The number of hydrogen-bond donors (Lipinski definition) is 0. The summed E-state index contributed by atoms with van der Waals surface area (Å²) in [6, 6.07) is 1.47. The molecule has 6 heteroatoms. The second-order valence-electron chi connectivity index (χ2n) is 4.35. The molecule has 3 nitrogen and oxygen atoms in total. The summed E-state index contributed by atoms with van der Waals surface area (Å²) in [5, 5.41) is 0. The van der Waals surface area contributed by atoms with Gasteiger partial charge in [-0.05, 0) is 19.2 Å². The minimum atomic E-state index is -1.55. The zero-order valence-electron chi connectivity index (χ0n) is 9.92. The van der Waals surface area contributed by atoms with Gasteiger partial charge in [0.2, 0.25) is 0 Å². The Balaban J connectivity index is 2.19. The van der Waals surface area contributed by atoms with E-state index in [2.05, 4.69) is 4.90 Å². The number of benzene rings is 1. The smallest absolute Gasteiger partial charge is 0.254 e. The van der Waals surface area contributed by atoms with Gasteiger partial charge in [-0.15, -0.1) is 0 Å². The molecule has 0 saturated carbocycles. The maximum atomic E-state index is 13.0. The predicted octanol–water partition coefficient (Wildman–Crippen LogP) is 1.49. The fourth-order valence-electron chi connectivity index (χ4n) is 1.87. The summed E-state index contributed by atoms with van der Waals surface area (Å²) >= 11 is 0. The topological polar surface area (TPSA) is 23.6 Å². The van der Waals surface area contributed by atoms with Gasteiger partial charge >= 0.3 is 0 Å². The lowest BCUT2D eigenvalue weighted by atomic mass is 10.1. The van der Waals surface area contributed by atoms with Crippen LogP contribution >= 0.6 is 0 Å². The molecule has 0 radical (unpaired) electrons. The largest absolute Gasteiger partial charge is 0.336 e. The standard InChI is InChI=1S/C12H13F3N2O/c1-16-2-4-17(5-3-16)12(18)8-6-9(13)11(15)10(14)7-8/h6-7H,2-5H2,1H3. The second-order valence-corrected chi connectivity index (χ2v) is 4.35. The van der Waals surface area contributed by atoms with Crippen molar-refractivity contribution in [2.75, 3.05) is 33.2 Å². The van der Waals surface area contributed by atoms with Crippen molar-refractivity contribution in [1.82, 2.24) is 9.80 Å². The molecule has 0 bridgehead atoms. The van der Waals surface area contributed by atoms with Crippen molar-refractivity contribution in [3.63, 3.8) is 0 Å². The Morgan fingerprint density at radius 3 is 2.06 bits per heavy atom. The fourth-order valence-corrected chi connectivity index (χ4v) is 1.87. The lowest BCUT2D eigenvalue weighted by Gasteiger charge is -2.32. The summed E-state index contributed by atoms with van der Waals surface area (Å²) in [5.74, 6) is -4.70. The molecule has 0 aliphatic carbocycles. The van der Waals surface area contributed by atoms with Crippen LogP contribution in [0.1, 0.15) is 10.4 Å². The zero-order valence-corrected chi connectivity index (χ0v) is 9.92. The van der Waals surface area contributed by atoms with Gasteiger partial charge in [0.05, 0.1) is 0 Å². The molecule has 1 fully saturated rings. The van der Waals surface area contributed by atoms with Gasteiger partial charge in [-0.1, -0.05) is 0 Å². The van der Waals surface area contributed by atoms with Gasteiger partial charge in [-0.2, -0.15) is 0 Å². The van der Waals surface area contributed by atoms with Crippen molar-refractivity contribution in [2.24, 2.45) is 0 Å². The summed E-state index contributed by atoms with van der Waals surface area (Å²) in [7, 11) is 1.93. The van der Waals surface area contributed by atoms with Crippen molar-refractivity contribution >= 4 is 5.91 Å². The van der Waals surface area contributed by atoms with E-state index >= 15 is 0 Å². The Morgan fingerprint density at radius 1 is 1.06 bits per heavy atom. The number of rotatable bonds is 1. The van der Waals surface area contributed by atoms with Gasteiger partial charge in [0.1, 0.15) is 0 Å². The SMILES string of the molecule is CN1CCN(C(=O)c2cc(F)c(F)c(F)c2)CC1. The maximum absolute atomic E-state index is 13.0. The molecule has 18 heavy (non-hydrogen) atoms. The van der Waals surface area contributed by atoms with Crippen molar-refractivity contribution in [1.29, 1.82) is 0 Å². The molecule has 1 amide bonds. The van der Waals surface area contributed by atoms with Crippen molar-refractivity contribution in [3.8, 4) is 0 Å². The molecule has 0 spiro atoms. The van der Waals surface area contributed by atoms with Crippen LogP contribution in [-0.2, 0) is 0 Å². The van der Waals surface area contributed by atoms with E-state index in [-0.39, 0.29) is 5.56 Å². The first-order valence-corrected chi connectivity index (χ1v) is 5.61. The van der Waals surface area contributed by atoms with E-state index in [0.717, 1.165) is 12.1 Å². The Morgan fingerprint density at radius 2 is 1.56 bits per heavy atom. The van der Waals surface area contributed by atoms with Crippen LogP contribution in [0.3, 0.4) is 0 Å². The van der Waals surface area contributed by atoms with E-state index in [1.807, 2.05) is 7.05 Å². The normalized spacial score (nSPS) is 17.0. The molecule has 1 aliphatic heterocycles. The number of likely N-dealkylation sites (N-methyl/N-ethyl adjacent to an activating group) is 1. The molecule has 1 aromatic carbocycles. The van der Waals surface area contributed by atoms with Gasteiger partial charge in [0.25, 0.3) is 5.91 Å². The average Bonchev–Trinajstić information content (AvgIpc) is 2.35. The Bertz CT molecular complexity index is 447. The average molecular weight is 258 g/mol. The van der Waals surface area contributed by atoms with E-state index < -0.39 is 23.4 Å². The van der Waals surface area contributed by atoms with Crippen LogP contribution in [0.2, 0.25) is 0 Å². The van der Waals surface area contributed by atoms with Crippen molar-refractivity contribution < 1.29 is 18.0 Å². The first-order chi connectivity index (χ1) is 8.49. The highest BCUT2D eigenvalue weighted by molar-refractivity contribution is 5.94. The van der Waals surface area contributed by atoms with Gasteiger partial charge in [-0.3, -0.25) is 4.79 Å². The summed E-state index contributed by atoms with van der Waals surface area (Å²) in [6.07, 6.45) is 0. The van der Waals surface area contributed by atoms with Gasteiger partial charge in [-0.25, -0.2) is 13.2 Å². The molecular formula is C12H13F3N2O. The Labute approximate surface area is 103 Å². The fraction of sp³-hybridized carbons (Fsp3) is 0.417. The highest BCUT2D eigenvalue weighted by Gasteiger charge is 2.22. The number of piperazine rings is 1. The number of nitrogens with zero attached hydrogens (tertiary/aromatic N) is 2. The van der Waals surface area contributed by atoms with Crippen LogP contribution in [0.4, 0.5) is 13.2 Å². The lowest BCUT2D eigenvalue weighted by Crippen LogP contribution is -2.47. The summed E-state index contributed by atoms with van der Waals surface area (Å²) in [4.78, 5) is 15.5. The molecule has 0 atom stereocenters. The molecule has 1 aromatic rings. The van der Waals surface area contributed by atoms with E-state index in [4.69, 9.17) is 0 Å². The van der Waals surface area contributed by atoms with Gasteiger partial charge in [0, 0.05) is 31.7 Å². The zero-order chi connectivity index (χ0) is 13.3. The van der Waals surface area contributed by atoms with Gasteiger partial charge in [0.15, 0.2) is 17.5 Å². The first kappa shape index (κ1) is 12.9. The molecule has 1 heterocycles. The number of carbonyl (C=O) groups is 1. The minimum absolute atomic E-state index is 0.157.